The van der Waals surface area contributed by atoms with E-state index in [1.165, 1.54) is 0 Å². The van der Waals surface area contributed by atoms with Crippen LogP contribution < -0.4 is 5.32 Å². The number of nitrogens with one attached hydrogen (secondary N) is 1. The summed E-state index contributed by atoms with van der Waals surface area (Å²) in [4.78, 5) is 20.4. The van der Waals surface area contributed by atoms with E-state index in [9.17, 15) is 4.79 Å². The summed E-state index contributed by atoms with van der Waals surface area (Å²) >= 11 is 5.93. The number of hydrogen-bond donors (Lipinski definition) is 1. The maximum absolute atomic E-state index is 12.2. The fraction of sp³-hybridized carbons (Fsp3) is 0.0625. The van der Waals surface area contributed by atoms with Crippen molar-refractivity contribution in [2.75, 3.05) is 0 Å². The van der Waals surface area contributed by atoms with E-state index >= 15 is 0 Å². The van der Waals surface area contributed by atoms with Crippen LogP contribution in [0.2, 0.25) is 5.02 Å². The Morgan fingerprint density at radius 1 is 1.23 bits per heavy atom. The van der Waals surface area contributed by atoms with Crippen molar-refractivity contribution in [2.45, 2.75) is 6.54 Å². The highest BCUT2D eigenvalue weighted by atomic mass is 35.5. The van der Waals surface area contributed by atoms with Crippen LogP contribution >= 0.6 is 11.6 Å². The number of aromatic nitrogens is 3. The quantitative estimate of drug-likeness (QED) is 0.806. The Kier molecular flexibility index (Phi) is 4.16. The zero-order valence-corrected chi connectivity index (χ0v) is 12.4. The van der Waals surface area contributed by atoms with Gasteiger partial charge in [-0.2, -0.15) is 0 Å². The molecule has 0 aliphatic rings. The number of hydrogen-bond acceptors (Lipinski definition) is 3. The van der Waals surface area contributed by atoms with Gasteiger partial charge in [-0.25, -0.2) is 9.97 Å². The molecule has 3 aromatic rings. The lowest BCUT2D eigenvalue weighted by Gasteiger charge is -2.07. The molecule has 5 nitrogen and oxygen atoms in total. The van der Waals surface area contributed by atoms with Crippen molar-refractivity contribution in [3.63, 3.8) is 0 Å². The molecule has 2 aromatic heterocycles. The third-order valence-electron chi connectivity index (χ3n) is 3.12. The molecule has 0 unspecified atom stereocenters. The Labute approximate surface area is 132 Å². The molecular weight excluding hydrogens is 300 g/mol. The number of carbonyl (C=O) groups is 1. The van der Waals surface area contributed by atoms with Gasteiger partial charge < -0.3 is 5.32 Å². The van der Waals surface area contributed by atoms with Gasteiger partial charge in [0.1, 0.15) is 12.1 Å². The van der Waals surface area contributed by atoms with Crippen molar-refractivity contribution < 1.29 is 4.79 Å². The summed E-state index contributed by atoms with van der Waals surface area (Å²) in [6, 6.07) is 10.8. The van der Waals surface area contributed by atoms with Gasteiger partial charge in [0.25, 0.3) is 5.91 Å². The number of imidazole rings is 1. The summed E-state index contributed by atoms with van der Waals surface area (Å²) in [5, 5.41) is 3.52. The molecule has 0 atom stereocenters. The number of amides is 1. The second kappa shape index (κ2) is 6.41. The highest BCUT2D eigenvalue weighted by Gasteiger charge is 2.07. The van der Waals surface area contributed by atoms with Gasteiger partial charge in [0, 0.05) is 35.7 Å². The molecule has 1 amide bonds. The molecule has 0 saturated carbocycles. The fourth-order valence-corrected chi connectivity index (χ4v) is 2.24. The average Bonchev–Trinajstić information content (AvgIpc) is 3.07. The lowest BCUT2D eigenvalue weighted by molar-refractivity contribution is 0.0950. The zero-order chi connectivity index (χ0) is 15.4. The zero-order valence-electron chi connectivity index (χ0n) is 11.6. The standard InChI is InChI=1S/C16H13ClN4O/c17-14-3-1-2-12(8-14)10-20-16(22)13-4-5-19-15(9-13)21-7-6-18-11-21/h1-9,11H,10H2,(H,20,22). The number of nitrogens with zero attached hydrogens (tertiary/aromatic N) is 3. The van der Waals surface area contributed by atoms with Gasteiger partial charge in [-0.1, -0.05) is 23.7 Å². The molecule has 6 heteroatoms. The van der Waals surface area contributed by atoms with Crippen LogP contribution in [0.3, 0.4) is 0 Å². The van der Waals surface area contributed by atoms with Gasteiger partial charge >= 0.3 is 0 Å². The normalized spacial score (nSPS) is 10.4. The van der Waals surface area contributed by atoms with E-state index in [1.54, 1.807) is 47.7 Å². The van der Waals surface area contributed by atoms with E-state index in [0.29, 0.717) is 22.9 Å². The van der Waals surface area contributed by atoms with Crippen LogP contribution in [0, 0.1) is 0 Å². The van der Waals surface area contributed by atoms with Crippen molar-refractivity contribution in [3.8, 4) is 5.82 Å². The van der Waals surface area contributed by atoms with Gasteiger partial charge in [0.15, 0.2) is 0 Å². The number of carbonyl (C=O) groups excluding carboxylic acids is 1. The summed E-state index contributed by atoms with van der Waals surface area (Å²) in [6.45, 7) is 0.419. The Balaban J connectivity index is 1.71. The number of rotatable bonds is 4. The molecule has 0 aliphatic heterocycles. The van der Waals surface area contributed by atoms with Crippen molar-refractivity contribution in [2.24, 2.45) is 0 Å². The number of benzene rings is 1. The van der Waals surface area contributed by atoms with Crippen LogP contribution in [0.5, 0.6) is 0 Å². The lowest BCUT2D eigenvalue weighted by Crippen LogP contribution is -2.23. The first-order valence-electron chi connectivity index (χ1n) is 6.69. The molecule has 2 heterocycles. The monoisotopic (exact) mass is 312 g/mol. The minimum Gasteiger partial charge on any atom is -0.348 e. The van der Waals surface area contributed by atoms with Gasteiger partial charge in [0.2, 0.25) is 0 Å². The molecule has 22 heavy (non-hydrogen) atoms. The van der Waals surface area contributed by atoms with E-state index in [0.717, 1.165) is 5.56 Å². The summed E-state index contributed by atoms with van der Waals surface area (Å²) < 4.78 is 1.74. The highest BCUT2D eigenvalue weighted by molar-refractivity contribution is 6.30. The Hall–Kier alpha value is -2.66. The van der Waals surface area contributed by atoms with Crippen LogP contribution in [0.25, 0.3) is 5.82 Å². The van der Waals surface area contributed by atoms with E-state index in [2.05, 4.69) is 15.3 Å². The molecule has 0 bridgehead atoms. The fourth-order valence-electron chi connectivity index (χ4n) is 2.03. The highest BCUT2D eigenvalue weighted by Crippen LogP contribution is 2.11. The van der Waals surface area contributed by atoms with Crippen molar-refractivity contribution in [1.82, 2.24) is 19.9 Å². The van der Waals surface area contributed by atoms with Crippen molar-refractivity contribution >= 4 is 17.5 Å². The molecule has 3 rings (SSSR count). The van der Waals surface area contributed by atoms with Crippen LogP contribution in [0.1, 0.15) is 15.9 Å². The minimum atomic E-state index is -0.163. The first-order valence-corrected chi connectivity index (χ1v) is 7.07. The first-order chi connectivity index (χ1) is 10.7. The third-order valence-corrected chi connectivity index (χ3v) is 3.35. The summed E-state index contributed by atoms with van der Waals surface area (Å²) in [6.07, 6.45) is 6.67. The van der Waals surface area contributed by atoms with Crippen molar-refractivity contribution in [3.05, 3.63) is 77.5 Å². The van der Waals surface area contributed by atoms with E-state index in [-0.39, 0.29) is 5.91 Å². The predicted molar refractivity (Wildman–Crippen MR) is 84.0 cm³/mol. The first kappa shape index (κ1) is 14.3. The van der Waals surface area contributed by atoms with Crippen molar-refractivity contribution in [1.29, 1.82) is 0 Å². The van der Waals surface area contributed by atoms with Crippen LogP contribution in [-0.2, 0) is 6.54 Å². The molecule has 1 aromatic carbocycles. The number of halogens is 1. The maximum Gasteiger partial charge on any atom is 0.251 e. The van der Waals surface area contributed by atoms with Gasteiger partial charge in [0.05, 0.1) is 0 Å². The second-order valence-corrected chi connectivity index (χ2v) is 5.12. The van der Waals surface area contributed by atoms with Gasteiger partial charge in [-0.3, -0.25) is 9.36 Å². The molecule has 0 aliphatic carbocycles. The largest absolute Gasteiger partial charge is 0.348 e. The van der Waals surface area contributed by atoms with E-state index in [4.69, 9.17) is 11.6 Å². The number of pyridine rings is 1. The van der Waals surface area contributed by atoms with Crippen LogP contribution in [0.4, 0.5) is 0 Å². The molecular formula is C16H13ClN4O. The maximum atomic E-state index is 12.2. The van der Waals surface area contributed by atoms with E-state index < -0.39 is 0 Å². The van der Waals surface area contributed by atoms with Gasteiger partial charge in [-0.15, -0.1) is 0 Å². The molecule has 110 valence electrons. The summed E-state index contributed by atoms with van der Waals surface area (Å²) in [5.74, 6) is 0.483. The smallest absolute Gasteiger partial charge is 0.251 e. The SMILES string of the molecule is O=C(NCc1cccc(Cl)c1)c1ccnc(-n2ccnc2)c1. The topological polar surface area (TPSA) is 59.8 Å². The molecule has 0 saturated heterocycles. The summed E-state index contributed by atoms with van der Waals surface area (Å²) in [7, 11) is 0. The Morgan fingerprint density at radius 2 is 2.14 bits per heavy atom. The van der Waals surface area contributed by atoms with Gasteiger partial charge in [-0.05, 0) is 29.8 Å². The third kappa shape index (κ3) is 3.32. The Morgan fingerprint density at radius 3 is 2.91 bits per heavy atom. The predicted octanol–water partition coefficient (Wildman–Crippen LogP) is 2.85. The molecule has 0 radical (unpaired) electrons. The molecule has 0 spiro atoms. The second-order valence-electron chi connectivity index (χ2n) is 4.69. The van der Waals surface area contributed by atoms with Crippen LogP contribution in [0.15, 0.2) is 61.3 Å². The van der Waals surface area contributed by atoms with Crippen LogP contribution in [-0.4, -0.2) is 20.4 Å². The van der Waals surface area contributed by atoms with E-state index in [1.807, 2.05) is 18.2 Å². The Bertz CT molecular complexity index is 786. The minimum absolute atomic E-state index is 0.163. The molecule has 0 fully saturated rings. The average molecular weight is 313 g/mol. The lowest BCUT2D eigenvalue weighted by atomic mass is 10.2. The summed E-state index contributed by atoms with van der Waals surface area (Å²) in [5.41, 5.74) is 1.49. The molecule has 1 N–H and O–H groups in total.